The molecule has 0 aliphatic rings. The number of hydrogen-bond donors (Lipinski definition) is 0. The van der Waals surface area contributed by atoms with Gasteiger partial charge < -0.3 is 18.9 Å². The minimum absolute atomic E-state index is 0.476. The number of halogens is 2. The van der Waals surface area contributed by atoms with Crippen LogP contribution in [-0.4, -0.2) is 26.3 Å². The van der Waals surface area contributed by atoms with Gasteiger partial charge in [-0.1, -0.05) is 41.4 Å². The lowest BCUT2D eigenvalue weighted by Crippen LogP contribution is -2.20. The maximum atomic E-state index is 12.2. The molecule has 31 heavy (non-hydrogen) atoms. The molecule has 5 nitrogen and oxygen atoms in total. The average molecular weight is 461 g/mol. The first kappa shape index (κ1) is 22.8. The second kappa shape index (κ2) is 11.5. The molecule has 162 valence electrons. The monoisotopic (exact) mass is 460 g/mol. The molecule has 0 aromatic heterocycles. The fraction of sp³-hybridized carbons (Fsp3) is 0.208. The van der Waals surface area contributed by atoms with E-state index in [2.05, 4.69) is 0 Å². The van der Waals surface area contributed by atoms with Crippen LogP contribution in [0.15, 0.2) is 72.8 Å². The number of carbonyl (C=O) groups excluding carboxylic acids is 1. The molecule has 0 aliphatic heterocycles. The molecule has 3 aromatic carbocycles. The van der Waals surface area contributed by atoms with Crippen LogP contribution in [0.5, 0.6) is 17.2 Å². The summed E-state index contributed by atoms with van der Waals surface area (Å²) < 4.78 is 22.1. The first-order valence-electron chi connectivity index (χ1n) is 9.66. The molecule has 0 N–H and O–H groups in total. The second-order valence-corrected chi connectivity index (χ2v) is 7.42. The van der Waals surface area contributed by atoms with Crippen LogP contribution in [0.4, 0.5) is 0 Å². The topological polar surface area (TPSA) is 54.0 Å². The molecule has 0 radical (unpaired) electrons. The Balaban J connectivity index is 1.52. The highest BCUT2D eigenvalue weighted by Crippen LogP contribution is 2.27. The van der Waals surface area contributed by atoms with Gasteiger partial charge >= 0.3 is 5.97 Å². The molecule has 0 saturated carbocycles. The van der Waals surface area contributed by atoms with Gasteiger partial charge in [0.05, 0.1) is 20.3 Å². The number of hydrogen-bond acceptors (Lipinski definition) is 5. The van der Waals surface area contributed by atoms with Crippen molar-refractivity contribution in [3.63, 3.8) is 0 Å². The molecule has 1 unspecified atom stereocenters. The minimum Gasteiger partial charge on any atom is -0.493 e. The van der Waals surface area contributed by atoms with Crippen molar-refractivity contribution in [3.8, 4) is 17.2 Å². The fourth-order valence-electron chi connectivity index (χ4n) is 2.74. The third-order valence-electron chi connectivity index (χ3n) is 4.29. The quantitative estimate of drug-likeness (QED) is 0.268. The highest BCUT2D eigenvalue weighted by atomic mass is 35.5. The Labute approximate surface area is 191 Å². The van der Waals surface area contributed by atoms with E-state index in [9.17, 15) is 4.79 Å². The lowest BCUT2D eigenvalue weighted by Gasteiger charge is -2.18. The Hall–Kier alpha value is -2.89. The van der Waals surface area contributed by atoms with E-state index in [0.717, 1.165) is 5.75 Å². The number of rotatable bonds is 10. The van der Waals surface area contributed by atoms with Crippen molar-refractivity contribution in [3.05, 3.63) is 88.4 Å². The van der Waals surface area contributed by atoms with Crippen LogP contribution < -0.4 is 14.2 Å². The van der Waals surface area contributed by atoms with Crippen molar-refractivity contribution < 1.29 is 23.7 Å². The van der Waals surface area contributed by atoms with Crippen molar-refractivity contribution in [1.29, 1.82) is 0 Å². The van der Waals surface area contributed by atoms with Gasteiger partial charge in [-0.3, -0.25) is 0 Å². The first-order chi connectivity index (χ1) is 15.0. The fourth-order valence-corrected chi connectivity index (χ4v) is 3.05. The average Bonchev–Trinajstić information content (AvgIpc) is 2.78. The van der Waals surface area contributed by atoms with E-state index in [4.69, 9.17) is 42.1 Å². The summed E-state index contributed by atoms with van der Waals surface area (Å²) in [5, 5.41) is 1.19. The molecular weight excluding hydrogens is 439 g/mol. The number of carbonyl (C=O) groups is 1. The molecule has 0 aliphatic carbocycles. The van der Waals surface area contributed by atoms with Crippen LogP contribution in [-0.2, 0) is 9.53 Å². The minimum atomic E-state index is -0.912. The molecular formula is C24H22Cl2O5. The van der Waals surface area contributed by atoms with E-state index in [-0.39, 0.29) is 0 Å². The summed E-state index contributed by atoms with van der Waals surface area (Å²) in [6.07, 6.45) is -0.196. The van der Waals surface area contributed by atoms with Crippen molar-refractivity contribution in [2.45, 2.75) is 12.5 Å². The summed E-state index contributed by atoms with van der Waals surface area (Å²) >= 11 is 11.8. The largest absolute Gasteiger partial charge is 0.493 e. The molecule has 7 heteroatoms. The molecule has 0 bridgehead atoms. The van der Waals surface area contributed by atoms with Gasteiger partial charge in [0.1, 0.15) is 17.2 Å². The van der Waals surface area contributed by atoms with Gasteiger partial charge in [0.25, 0.3) is 0 Å². The van der Waals surface area contributed by atoms with Crippen LogP contribution in [0.3, 0.4) is 0 Å². The van der Waals surface area contributed by atoms with Gasteiger partial charge in [-0.25, -0.2) is 4.79 Å². The molecule has 3 rings (SSSR count). The number of ether oxygens (including phenoxy) is 4. The van der Waals surface area contributed by atoms with E-state index < -0.39 is 12.1 Å². The number of benzene rings is 3. The van der Waals surface area contributed by atoms with Gasteiger partial charge in [-0.15, -0.1) is 0 Å². The Morgan fingerprint density at radius 1 is 0.806 bits per heavy atom. The highest BCUT2D eigenvalue weighted by molar-refractivity contribution is 6.30. The Kier molecular flexibility index (Phi) is 8.44. The van der Waals surface area contributed by atoms with Gasteiger partial charge in [-0.05, 0) is 54.6 Å². The first-order valence-corrected chi connectivity index (χ1v) is 10.4. The van der Waals surface area contributed by atoms with Gasteiger partial charge in [0, 0.05) is 22.0 Å². The van der Waals surface area contributed by atoms with Crippen molar-refractivity contribution in [2.24, 2.45) is 0 Å². The molecule has 3 aromatic rings. The van der Waals surface area contributed by atoms with Crippen LogP contribution in [0, 0.1) is 0 Å². The lowest BCUT2D eigenvalue weighted by atomic mass is 10.1. The molecule has 0 saturated heterocycles. The molecule has 0 amide bonds. The smallest absolute Gasteiger partial charge is 0.351 e. The van der Waals surface area contributed by atoms with Crippen molar-refractivity contribution in [1.82, 2.24) is 0 Å². The summed E-state index contributed by atoms with van der Waals surface area (Å²) in [5.41, 5.74) is 0.644. The zero-order valence-corrected chi connectivity index (χ0v) is 18.4. The zero-order valence-electron chi connectivity index (χ0n) is 16.9. The summed E-state index contributed by atoms with van der Waals surface area (Å²) in [4.78, 5) is 12.2. The Morgan fingerprint density at radius 3 is 2.00 bits per heavy atom. The highest BCUT2D eigenvalue weighted by Gasteiger charge is 2.23. The molecule has 0 heterocycles. The predicted octanol–water partition coefficient (Wildman–Crippen LogP) is 6.13. The normalized spacial score (nSPS) is 11.5. The van der Waals surface area contributed by atoms with E-state index in [1.54, 1.807) is 60.7 Å². The maximum absolute atomic E-state index is 12.2. The third-order valence-corrected chi connectivity index (χ3v) is 4.77. The Morgan fingerprint density at radius 2 is 1.42 bits per heavy atom. The predicted molar refractivity (Wildman–Crippen MR) is 120 cm³/mol. The van der Waals surface area contributed by atoms with Crippen LogP contribution in [0.2, 0.25) is 10.0 Å². The third kappa shape index (κ3) is 7.09. The van der Waals surface area contributed by atoms with E-state index in [1.165, 1.54) is 7.11 Å². The van der Waals surface area contributed by atoms with Crippen LogP contribution in [0.1, 0.15) is 18.1 Å². The van der Waals surface area contributed by atoms with Crippen LogP contribution in [0.25, 0.3) is 0 Å². The Bertz CT molecular complexity index is 974. The molecule has 1 atom stereocenters. The number of methoxy groups -OCH3 is 1. The maximum Gasteiger partial charge on any atom is 0.351 e. The molecule has 0 fully saturated rings. The second-order valence-electron chi connectivity index (χ2n) is 6.55. The standard InChI is InChI=1S/C24H22Cl2O5/c1-28-24(27)23(31-22-5-2-4-19(26)16-22)17-6-10-20(11-7-17)29-14-3-15-30-21-12-8-18(25)9-13-21/h2,4-13,16,23H,3,14-15H2,1H3. The lowest BCUT2D eigenvalue weighted by molar-refractivity contribution is -0.149. The van der Waals surface area contributed by atoms with Crippen molar-refractivity contribution >= 4 is 29.2 Å². The zero-order chi connectivity index (χ0) is 22.1. The van der Waals surface area contributed by atoms with Crippen molar-refractivity contribution in [2.75, 3.05) is 20.3 Å². The summed E-state index contributed by atoms with van der Waals surface area (Å²) in [7, 11) is 1.32. The van der Waals surface area contributed by atoms with E-state index >= 15 is 0 Å². The molecule has 0 spiro atoms. The number of esters is 1. The SMILES string of the molecule is COC(=O)C(Oc1cccc(Cl)c1)c1ccc(OCCCOc2ccc(Cl)cc2)cc1. The summed E-state index contributed by atoms with van der Waals surface area (Å²) in [5.74, 6) is 1.42. The van der Waals surface area contributed by atoms with E-state index in [1.807, 2.05) is 12.1 Å². The van der Waals surface area contributed by atoms with Crippen LogP contribution >= 0.6 is 23.2 Å². The summed E-state index contributed by atoms with van der Waals surface area (Å²) in [6, 6.07) is 21.2. The van der Waals surface area contributed by atoms with Gasteiger partial charge in [0.2, 0.25) is 6.10 Å². The summed E-state index contributed by atoms with van der Waals surface area (Å²) in [6.45, 7) is 1.02. The van der Waals surface area contributed by atoms with Gasteiger partial charge in [0.15, 0.2) is 0 Å². The van der Waals surface area contributed by atoms with E-state index in [0.29, 0.717) is 46.7 Å². The van der Waals surface area contributed by atoms with Gasteiger partial charge in [-0.2, -0.15) is 0 Å².